The average Bonchev–Trinajstić information content (AvgIpc) is 3.02. The predicted molar refractivity (Wildman–Crippen MR) is 62.6 cm³/mol. The first-order valence-corrected chi connectivity index (χ1v) is 5.72. The van der Waals surface area contributed by atoms with Crippen molar-refractivity contribution in [2.24, 2.45) is 5.73 Å². The molecule has 3 heteroatoms. The first-order chi connectivity index (χ1) is 7.22. The summed E-state index contributed by atoms with van der Waals surface area (Å²) in [6.07, 6.45) is 2.29. The Labute approximate surface area is 95.4 Å². The van der Waals surface area contributed by atoms with Gasteiger partial charge in [0, 0.05) is 22.5 Å². The summed E-state index contributed by atoms with van der Waals surface area (Å²) in [5, 5.41) is 0.758. The molecular formula is C12H16ClNO. The van der Waals surface area contributed by atoms with Crippen LogP contribution in [0.2, 0.25) is 5.02 Å². The molecule has 1 aliphatic rings. The van der Waals surface area contributed by atoms with Gasteiger partial charge in [0.1, 0.15) is 5.75 Å². The minimum absolute atomic E-state index is 0.134. The van der Waals surface area contributed by atoms with Gasteiger partial charge in [0.05, 0.1) is 6.61 Å². The largest absolute Gasteiger partial charge is 0.494 e. The van der Waals surface area contributed by atoms with Crippen LogP contribution in [0.4, 0.5) is 0 Å². The summed E-state index contributed by atoms with van der Waals surface area (Å²) in [6.45, 7) is 3.34. The number of benzene rings is 1. The van der Waals surface area contributed by atoms with E-state index in [0.29, 0.717) is 13.2 Å². The molecule has 0 aliphatic heterocycles. The normalized spacial score (nSPS) is 17.5. The summed E-state index contributed by atoms with van der Waals surface area (Å²) in [7, 11) is 0. The minimum Gasteiger partial charge on any atom is -0.494 e. The summed E-state index contributed by atoms with van der Waals surface area (Å²) in [5.74, 6) is 0.935. The molecule has 1 aromatic carbocycles. The second-order valence-corrected chi connectivity index (χ2v) is 4.49. The molecule has 1 aliphatic carbocycles. The van der Waals surface area contributed by atoms with E-state index < -0.39 is 0 Å². The van der Waals surface area contributed by atoms with Crippen LogP contribution in [0.15, 0.2) is 18.2 Å². The SMILES string of the molecule is CCOc1ccc(Cl)cc1C1(CN)CC1. The Morgan fingerprint density at radius 1 is 1.47 bits per heavy atom. The third-order valence-corrected chi connectivity index (χ3v) is 3.29. The molecule has 0 unspecified atom stereocenters. The molecule has 0 amide bonds. The molecule has 0 atom stereocenters. The van der Waals surface area contributed by atoms with Crippen LogP contribution in [0.25, 0.3) is 0 Å². The molecular weight excluding hydrogens is 210 g/mol. The molecule has 0 heterocycles. The molecule has 0 aromatic heterocycles. The van der Waals surface area contributed by atoms with Crippen molar-refractivity contribution in [3.63, 3.8) is 0 Å². The van der Waals surface area contributed by atoms with Crippen LogP contribution in [0.5, 0.6) is 5.75 Å². The monoisotopic (exact) mass is 225 g/mol. The fraction of sp³-hybridized carbons (Fsp3) is 0.500. The number of rotatable bonds is 4. The zero-order chi connectivity index (χ0) is 10.9. The van der Waals surface area contributed by atoms with Gasteiger partial charge in [0.15, 0.2) is 0 Å². The Bertz CT molecular complexity index is 361. The zero-order valence-corrected chi connectivity index (χ0v) is 9.68. The van der Waals surface area contributed by atoms with Crippen molar-refractivity contribution in [2.45, 2.75) is 25.2 Å². The Kier molecular flexibility index (Phi) is 2.89. The highest BCUT2D eigenvalue weighted by Gasteiger charge is 2.44. The number of ether oxygens (including phenoxy) is 1. The van der Waals surface area contributed by atoms with Gasteiger partial charge in [-0.25, -0.2) is 0 Å². The Morgan fingerprint density at radius 3 is 2.73 bits per heavy atom. The van der Waals surface area contributed by atoms with Gasteiger partial charge in [-0.1, -0.05) is 11.6 Å². The van der Waals surface area contributed by atoms with Crippen molar-refractivity contribution in [1.82, 2.24) is 0 Å². The highest BCUT2D eigenvalue weighted by Crippen LogP contribution is 2.51. The van der Waals surface area contributed by atoms with E-state index >= 15 is 0 Å². The maximum absolute atomic E-state index is 6.01. The van der Waals surface area contributed by atoms with E-state index in [0.717, 1.165) is 23.6 Å². The lowest BCUT2D eigenvalue weighted by Crippen LogP contribution is -2.20. The number of hydrogen-bond donors (Lipinski definition) is 1. The van der Waals surface area contributed by atoms with E-state index in [-0.39, 0.29) is 5.41 Å². The first kappa shape index (κ1) is 10.8. The van der Waals surface area contributed by atoms with Gasteiger partial charge < -0.3 is 10.5 Å². The van der Waals surface area contributed by atoms with Crippen molar-refractivity contribution >= 4 is 11.6 Å². The topological polar surface area (TPSA) is 35.2 Å². The zero-order valence-electron chi connectivity index (χ0n) is 8.92. The van der Waals surface area contributed by atoms with E-state index in [2.05, 4.69) is 0 Å². The van der Waals surface area contributed by atoms with Crippen molar-refractivity contribution in [3.8, 4) is 5.75 Å². The van der Waals surface area contributed by atoms with Crippen LogP contribution in [-0.4, -0.2) is 13.2 Å². The molecule has 1 fully saturated rings. The van der Waals surface area contributed by atoms with Crippen LogP contribution in [0, 0.1) is 0 Å². The Hall–Kier alpha value is -0.730. The second kappa shape index (κ2) is 4.03. The molecule has 1 aromatic rings. The lowest BCUT2D eigenvalue weighted by molar-refractivity contribution is 0.333. The van der Waals surface area contributed by atoms with E-state index in [9.17, 15) is 0 Å². The minimum atomic E-state index is 0.134. The quantitative estimate of drug-likeness (QED) is 0.855. The average molecular weight is 226 g/mol. The molecule has 1 saturated carbocycles. The van der Waals surface area contributed by atoms with Gasteiger partial charge in [0.25, 0.3) is 0 Å². The summed E-state index contributed by atoms with van der Waals surface area (Å²) in [6, 6.07) is 5.80. The second-order valence-electron chi connectivity index (χ2n) is 4.06. The van der Waals surface area contributed by atoms with Crippen LogP contribution < -0.4 is 10.5 Å². The fourth-order valence-corrected chi connectivity index (χ4v) is 2.10. The molecule has 2 N–H and O–H groups in total. The van der Waals surface area contributed by atoms with Gasteiger partial charge in [-0.2, -0.15) is 0 Å². The van der Waals surface area contributed by atoms with Gasteiger partial charge in [0.2, 0.25) is 0 Å². The van der Waals surface area contributed by atoms with Crippen LogP contribution in [0.3, 0.4) is 0 Å². The Balaban J connectivity index is 2.38. The van der Waals surface area contributed by atoms with Gasteiger partial charge in [-0.3, -0.25) is 0 Å². The standard InChI is InChI=1S/C12H16ClNO/c1-2-15-11-4-3-9(13)7-10(11)12(8-14)5-6-12/h3-4,7H,2,5-6,8,14H2,1H3. The lowest BCUT2D eigenvalue weighted by atomic mass is 9.95. The molecule has 82 valence electrons. The number of nitrogens with two attached hydrogens (primary N) is 1. The third-order valence-electron chi connectivity index (χ3n) is 3.06. The molecule has 0 spiro atoms. The van der Waals surface area contributed by atoms with Crippen molar-refractivity contribution < 1.29 is 4.74 Å². The molecule has 2 nitrogen and oxygen atoms in total. The molecule has 15 heavy (non-hydrogen) atoms. The first-order valence-electron chi connectivity index (χ1n) is 5.35. The number of halogens is 1. The predicted octanol–water partition coefficient (Wildman–Crippen LogP) is 2.73. The summed E-state index contributed by atoms with van der Waals surface area (Å²) in [5.41, 5.74) is 7.13. The van der Waals surface area contributed by atoms with Crippen LogP contribution >= 0.6 is 11.6 Å². The van der Waals surface area contributed by atoms with Crippen molar-refractivity contribution in [2.75, 3.05) is 13.2 Å². The third kappa shape index (κ3) is 1.97. The molecule has 0 saturated heterocycles. The van der Waals surface area contributed by atoms with Crippen molar-refractivity contribution in [3.05, 3.63) is 28.8 Å². The maximum Gasteiger partial charge on any atom is 0.123 e. The van der Waals surface area contributed by atoms with E-state index in [4.69, 9.17) is 22.1 Å². The van der Waals surface area contributed by atoms with E-state index in [1.165, 1.54) is 5.56 Å². The van der Waals surface area contributed by atoms with Gasteiger partial charge in [-0.05, 0) is 38.0 Å². The van der Waals surface area contributed by atoms with Crippen LogP contribution in [-0.2, 0) is 5.41 Å². The number of hydrogen-bond acceptors (Lipinski definition) is 2. The highest BCUT2D eigenvalue weighted by molar-refractivity contribution is 6.30. The summed E-state index contributed by atoms with van der Waals surface area (Å²) >= 11 is 6.01. The summed E-state index contributed by atoms with van der Waals surface area (Å²) in [4.78, 5) is 0. The highest BCUT2D eigenvalue weighted by atomic mass is 35.5. The summed E-state index contributed by atoms with van der Waals surface area (Å²) < 4.78 is 5.61. The Morgan fingerprint density at radius 2 is 2.20 bits per heavy atom. The van der Waals surface area contributed by atoms with Gasteiger partial charge in [-0.15, -0.1) is 0 Å². The fourth-order valence-electron chi connectivity index (χ4n) is 1.93. The van der Waals surface area contributed by atoms with Gasteiger partial charge >= 0.3 is 0 Å². The molecule has 0 radical (unpaired) electrons. The smallest absolute Gasteiger partial charge is 0.123 e. The van der Waals surface area contributed by atoms with Crippen LogP contribution in [0.1, 0.15) is 25.3 Å². The van der Waals surface area contributed by atoms with Crippen molar-refractivity contribution in [1.29, 1.82) is 0 Å². The van der Waals surface area contributed by atoms with E-state index in [1.807, 2.05) is 25.1 Å². The maximum atomic E-state index is 6.01. The molecule has 2 rings (SSSR count). The lowest BCUT2D eigenvalue weighted by Gasteiger charge is -2.18. The van der Waals surface area contributed by atoms with E-state index in [1.54, 1.807) is 0 Å². The molecule has 0 bridgehead atoms.